The second kappa shape index (κ2) is 10.2. The zero-order valence-corrected chi connectivity index (χ0v) is 5.72. The fourth-order valence-corrected chi connectivity index (χ4v) is 0.201. The van der Waals surface area contributed by atoms with Gasteiger partial charge < -0.3 is 4.74 Å². The summed E-state index contributed by atoms with van der Waals surface area (Å²) in [6, 6.07) is 0. The van der Waals surface area contributed by atoms with Gasteiger partial charge in [-0.1, -0.05) is 6.58 Å². The Kier molecular flexibility index (Phi) is 12.5. The smallest absolute Gasteiger partial charge is 0.330 e. The second-order valence-corrected chi connectivity index (χ2v) is 0.956. The maximum absolute atomic E-state index is 10.1. The highest BCUT2D eigenvalue weighted by molar-refractivity contribution is 5.81. The molecule has 0 atom stereocenters. The molecule has 0 aliphatic rings. The van der Waals surface area contributed by atoms with Gasteiger partial charge in [-0.3, -0.25) is 0 Å². The molecular weight excluding hydrogens is 120 g/mol. The van der Waals surface area contributed by atoms with E-state index in [0.29, 0.717) is 6.61 Å². The van der Waals surface area contributed by atoms with Gasteiger partial charge in [-0.05, 0) is 6.92 Å². The Bertz CT molecular complexity index is 78.4. The highest BCUT2D eigenvalue weighted by Crippen LogP contribution is 1.74. The van der Waals surface area contributed by atoms with Crippen molar-refractivity contribution in [3.8, 4) is 0 Å². The fraction of sp³-hybridized carbons (Fsp3) is 0.500. The number of hydrogen-bond acceptors (Lipinski definition) is 2. The first-order valence-electron chi connectivity index (χ1n) is 2.51. The summed E-state index contributed by atoms with van der Waals surface area (Å²) in [5.41, 5.74) is 0. The van der Waals surface area contributed by atoms with Gasteiger partial charge in [0.1, 0.15) is 0 Å². The molecule has 3 nitrogen and oxygen atoms in total. The third kappa shape index (κ3) is 11.0. The van der Waals surface area contributed by atoms with Crippen LogP contribution in [0.15, 0.2) is 12.7 Å². The lowest BCUT2D eigenvalue weighted by molar-refractivity contribution is -0.137. The monoisotopic (exact) mass is 131 g/mol. The molecule has 0 bridgehead atoms. The van der Waals surface area contributed by atoms with Crippen LogP contribution in [0.2, 0.25) is 0 Å². The molecule has 0 unspecified atom stereocenters. The van der Waals surface area contributed by atoms with Gasteiger partial charge in [0.05, 0.1) is 13.7 Å². The summed E-state index contributed by atoms with van der Waals surface area (Å²) >= 11 is 0. The van der Waals surface area contributed by atoms with Crippen LogP contribution in [-0.4, -0.2) is 19.7 Å². The van der Waals surface area contributed by atoms with Crippen molar-refractivity contribution in [2.24, 2.45) is 0 Å². The number of carbonyl (C=O) groups is 1. The van der Waals surface area contributed by atoms with Gasteiger partial charge in [-0.25, -0.2) is 9.90 Å². The molecule has 0 aliphatic carbocycles. The van der Waals surface area contributed by atoms with E-state index in [1.54, 1.807) is 6.92 Å². The minimum Gasteiger partial charge on any atom is -0.463 e. The zero-order valence-electron chi connectivity index (χ0n) is 5.72. The number of carbonyl (C=O) groups excluding carboxylic acids is 1. The summed E-state index contributed by atoms with van der Waals surface area (Å²) in [4.78, 5) is 10.1. The normalized spacial score (nSPS) is 6.56. The maximum atomic E-state index is 10.1. The molecule has 53 valence electrons. The molecule has 0 aromatic rings. The van der Waals surface area contributed by atoms with E-state index in [4.69, 9.17) is 5.11 Å². The number of hydrogen-bond donors (Lipinski definition) is 0. The fourth-order valence-electron chi connectivity index (χ4n) is 0.201. The van der Waals surface area contributed by atoms with Gasteiger partial charge in [0.25, 0.3) is 0 Å². The van der Waals surface area contributed by atoms with Gasteiger partial charge in [0.15, 0.2) is 0 Å². The van der Waals surface area contributed by atoms with Crippen molar-refractivity contribution in [2.45, 2.75) is 6.92 Å². The number of ether oxygens (including phenoxy) is 1. The number of esters is 1. The Labute approximate surface area is 54.9 Å². The molecule has 0 rings (SSSR count). The molecule has 0 heterocycles. The minimum absolute atomic E-state index is 0.359. The molecule has 0 aliphatic heterocycles. The molecule has 9 heavy (non-hydrogen) atoms. The van der Waals surface area contributed by atoms with E-state index in [2.05, 4.69) is 11.3 Å². The van der Waals surface area contributed by atoms with E-state index in [1.807, 2.05) is 0 Å². The Morgan fingerprint density at radius 1 is 1.67 bits per heavy atom. The summed E-state index contributed by atoms with van der Waals surface area (Å²) < 4.78 is 4.43. The van der Waals surface area contributed by atoms with Crippen molar-refractivity contribution in [2.75, 3.05) is 13.7 Å². The van der Waals surface area contributed by atoms with E-state index in [0.717, 1.165) is 13.2 Å². The van der Waals surface area contributed by atoms with Gasteiger partial charge in [-0.15, -0.1) is 0 Å². The molecule has 0 amide bonds. The Hall–Kier alpha value is -0.830. The van der Waals surface area contributed by atoms with Crippen LogP contribution in [0.25, 0.3) is 0 Å². The molecule has 1 radical (unpaired) electrons. The first-order valence-corrected chi connectivity index (χ1v) is 2.51. The van der Waals surface area contributed by atoms with Crippen molar-refractivity contribution in [3.05, 3.63) is 12.7 Å². The lowest BCUT2D eigenvalue weighted by Gasteiger charge is -1.90. The summed E-state index contributed by atoms with van der Waals surface area (Å²) in [7, 11) is 0.750. The van der Waals surface area contributed by atoms with E-state index < -0.39 is 0 Å². The summed E-state index contributed by atoms with van der Waals surface area (Å²) in [5.74, 6) is -0.359. The van der Waals surface area contributed by atoms with Gasteiger partial charge in [0, 0.05) is 6.08 Å². The quantitative estimate of drug-likeness (QED) is 0.410. The average Bonchev–Trinajstić information content (AvgIpc) is 1.93. The topological polar surface area (TPSA) is 46.2 Å². The minimum atomic E-state index is -0.359. The molecular formula is C6H11O3. The van der Waals surface area contributed by atoms with Crippen LogP contribution >= 0.6 is 0 Å². The van der Waals surface area contributed by atoms with Crippen molar-refractivity contribution in [1.82, 2.24) is 0 Å². The first kappa shape index (κ1) is 11.0. The predicted molar refractivity (Wildman–Crippen MR) is 33.4 cm³/mol. The molecule has 0 fully saturated rings. The van der Waals surface area contributed by atoms with Gasteiger partial charge in [0.2, 0.25) is 0 Å². The van der Waals surface area contributed by atoms with Crippen LogP contribution in [0.5, 0.6) is 0 Å². The first-order chi connectivity index (χ1) is 4.31. The van der Waals surface area contributed by atoms with E-state index in [1.165, 1.54) is 0 Å². The third-order valence-electron chi connectivity index (χ3n) is 0.453. The Balaban J connectivity index is 0. The zero-order chi connectivity index (χ0) is 7.70. The van der Waals surface area contributed by atoms with Crippen LogP contribution < -0.4 is 0 Å². The SMILES string of the molecule is C=CC(=O)OCC.C[O]. The number of rotatable bonds is 2. The van der Waals surface area contributed by atoms with Crippen LogP contribution in [0.4, 0.5) is 0 Å². The Morgan fingerprint density at radius 2 is 2.11 bits per heavy atom. The van der Waals surface area contributed by atoms with Gasteiger partial charge >= 0.3 is 5.97 Å². The second-order valence-electron chi connectivity index (χ2n) is 0.956. The molecule has 0 N–H and O–H groups in total. The standard InChI is InChI=1S/C5H8O2.CH3O/c1-3-5(6)7-4-2;1-2/h3H,1,4H2,2H3;1H3. The van der Waals surface area contributed by atoms with Crippen LogP contribution in [0, 0.1) is 0 Å². The lowest BCUT2D eigenvalue weighted by atomic mass is 10.6. The van der Waals surface area contributed by atoms with Crippen molar-refractivity contribution >= 4 is 5.97 Å². The average molecular weight is 131 g/mol. The molecule has 0 saturated heterocycles. The molecule has 0 aromatic carbocycles. The van der Waals surface area contributed by atoms with Crippen molar-refractivity contribution in [3.63, 3.8) is 0 Å². The largest absolute Gasteiger partial charge is 0.463 e. The summed E-state index contributed by atoms with van der Waals surface area (Å²) in [6.07, 6.45) is 1.14. The highest BCUT2D eigenvalue weighted by Gasteiger charge is 1.86. The van der Waals surface area contributed by atoms with Crippen LogP contribution in [0.3, 0.4) is 0 Å². The summed E-state index contributed by atoms with van der Waals surface area (Å²) in [5, 5.41) is 8.25. The lowest BCUT2D eigenvalue weighted by Crippen LogP contribution is -1.97. The predicted octanol–water partition coefficient (Wildman–Crippen LogP) is 0.782. The Morgan fingerprint density at radius 3 is 2.22 bits per heavy atom. The van der Waals surface area contributed by atoms with Crippen LogP contribution in [-0.2, 0) is 14.6 Å². The van der Waals surface area contributed by atoms with Gasteiger partial charge in [-0.2, -0.15) is 0 Å². The van der Waals surface area contributed by atoms with E-state index in [9.17, 15) is 4.79 Å². The van der Waals surface area contributed by atoms with Crippen molar-refractivity contribution in [1.29, 1.82) is 0 Å². The van der Waals surface area contributed by atoms with E-state index in [-0.39, 0.29) is 5.97 Å². The summed E-state index contributed by atoms with van der Waals surface area (Å²) in [6.45, 7) is 5.38. The maximum Gasteiger partial charge on any atom is 0.330 e. The molecule has 0 spiro atoms. The molecule has 3 heteroatoms. The van der Waals surface area contributed by atoms with Crippen LogP contribution in [0.1, 0.15) is 6.92 Å². The third-order valence-corrected chi connectivity index (χ3v) is 0.453. The molecule has 0 aromatic heterocycles. The van der Waals surface area contributed by atoms with E-state index >= 15 is 0 Å². The highest BCUT2D eigenvalue weighted by atomic mass is 16.5. The molecule has 0 saturated carbocycles. The van der Waals surface area contributed by atoms with Crippen molar-refractivity contribution < 1.29 is 14.6 Å².